The zero-order valence-corrected chi connectivity index (χ0v) is 11.3. The molecule has 98 valence electrons. The van der Waals surface area contributed by atoms with Crippen LogP contribution in [-0.2, 0) is 4.74 Å². The first kappa shape index (κ1) is 13.4. The quantitative estimate of drug-likeness (QED) is 0.793. The number of benzene rings is 1. The molecule has 1 heterocycles. The van der Waals surface area contributed by atoms with E-state index in [1.54, 1.807) is 4.90 Å². The lowest BCUT2D eigenvalue weighted by Crippen LogP contribution is -2.55. The van der Waals surface area contributed by atoms with Gasteiger partial charge in [0.15, 0.2) is 0 Å². The summed E-state index contributed by atoms with van der Waals surface area (Å²) in [4.78, 5) is 14.3. The number of ether oxygens (including phenoxy) is 1. The van der Waals surface area contributed by atoms with Gasteiger partial charge >= 0.3 is 0 Å². The minimum absolute atomic E-state index is 0.112. The summed E-state index contributed by atoms with van der Waals surface area (Å²) in [5.41, 5.74) is 0.108. The highest BCUT2D eigenvalue weighted by Crippen LogP contribution is 2.23. The van der Waals surface area contributed by atoms with Gasteiger partial charge < -0.3 is 9.64 Å². The van der Waals surface area contributed by atoms with Crippen molar-refractivity contribution < 1.29 is 13.9 Å². The average Bonchev–Trinajstić information content (AvgIpc) is 2.31. The largest absolute Gasteiger partial charge is 0.377 e. The van der Waals surface area contributed by atoms with Crippen LogP contribution in [0.4, 0.5) is 4.39 Å². The van der Waals surface area contributed by atoms with Crippen molar-refractivity contribution >= 4 is 18.5 Å². The third kappa shape index (κ3) is 2.52. The summed E-state index contributed by atoms with van der Waals surface area (Å²) in [6.07, 6.45) is 0. The molecule has 1 fully saturated rings. The van der Waals surface area contributed by atoms with Crippen molar-refractivity contribution in [2.24, 2.45) is 0 Å². The number of rotatable bonds is 1. The monoisotopic (exact) mass is 269 g/mol. The van der Waals surface area contributed by atoms with Crippen LogP contribution in [0, 0.1) is 5.82 Å². The van der Waals surface area contributed by atoms with E-state index in [9.17, 15) is 9.18 Å². The summed E-state index contributed by atoms with van der Waals surface area (Å²) >= 11 is 4.00. The predicted octanol–water partition coefficient (Wildman–Crippen LogP) is 2.37. The molecule has 0 atom stereocenters. The average molecular weight is 269 g/mol. The summed E-state index contributed by atoms with van der Waals surface area (Å²) in [6.45, 7) is 5.49. The van der Waals surface area contributed by atoms with E-state index in [0.717, 1.165) is 0 Å². The second-order valence-electron chi connectivity index (χ2n) is 4.99. The summed E-state index contributed by atoms with van der Waals surface area (Å²) < 4.78 is 18.5. The molecule has 5 heteroatoms. The van der Waals surface area contributed by atoms with Crippen molar-refractivity contribution in [2.45, 2.75) is 24.3 Å². The van der Waals surface area contributed by atoms with Gasteiger partial charge in [-0.25, -0.2) is 4.39 Å². The summed E-state index contributed by atoms with van der Waals surface area (Å²) in [5, 5.41) is 0. The normalized spacial score (nSPS) is 18.8. The molecule has 0 saturated carbocycles. The second-order valence-corrected chi connectivity index (χ2v) is 5.47. The van der Waals surface area contributed by atoms with Gasteiger partial charge in [0, 0.05) is 17.0 Å². The van der Waals surface area contributed by atoms with E-state index in [4.69, 9.17) is 4.74 Å². The Kier molecular flexibility index (Phi) is 3.64. The lowest BCUT2D eigenvalue weighted by Gasteiger charge is -2.42. The van der Waals surface area contributed by atoms with E-state index in [1.807, 2.05) is 13.8 Å². The fourth-order valence-electron chi connectivity index (χ4n) is 2.04. The van der Waals surface area contributed by atoms with Crippen molar-refractivity contribution in [3.63, 3.8) is 0 Å². The van der Waals surface area contributed by atoms with Gasteiger partial charge in [-0.3, -0.25) is 4.79 Å². The van der Waals surface area contributed by atoms with Crippen molar-refractivity contribution in [2.75, 3.05) is 19.8 Å². The molecule has 0 unspecified atom stereocenters. The number of carbonyl (C=O) groups is 1. The third-order valence-corrected chi connectivity index (χ3v) is 3.43. The number of hydrogen-bond donors (Lipinski definition) is 1. The van der Waals surface area contributed by atoms with Crippen LogP contribution in [0.2, 0.25) is 0 Å². The number of morpholine rings is 1. The van der Waals surface area contributed by atoms with Crippen LogP contribution < -0.4 is 0 Å². The molecule has 3 nitrogen and oxygen atoms in total. The van der Waals surface area contributed by atoms with Crippen LogP contribution in [0.1, 0.15) is 24.2 Å². The smallest absolute Gasteiger partial charge is 0.254 e. The summed E-state index contributed by atoms with van der Waals surface area (Å²) in [6, 6.07) is 4.22. The van der Waals surface area contributed by atoms with Gasteiger partial charge in [-0.05, 0) is 32.0 Å². The van der Waals surface area contributed by atoms with Gasteiger partial charge in [-0.15, -0.1) is 12.6 Å². The third-order valence-electron chi connectivity index (χ3n) is 3.08. The SMILES string of the molecule is CC1(C)COCCN1C(=O)c1ccc(F)c(S)c1. The van der Waals surface area contributed by atoms with E-state index < -0.39 is 5.82 Å². The molecular weight excluding hydrogens is 253 g/mol. The van der Waals surface area contributed by atoms with E-state index in [2.05, 4.69) is 12.6 Å². The van der Waals surface area contributed by atoms with Crippen LogP contribution in [0.3, 0.4) is 0 Å². The maximum atomic E-state index is 13.1. The van der Waals surface area contributed by atoms with Gasteiger partial charge in [0.25, 0.3) is 5.91 Å². The number of halogens is 1. The van der Waals surface area contributed by atoms with Crippen LogP contribution in [0.5, 0.6) is 0 Å². The Morgan fingerprint density at radius 3 is 2.83 bits per heavy atom. The molecule has 0 bridgehead atoms. The standard InChI is InChI=1S/C13H16FNO2S/c1-13(2)8-17-6-5-15(13)12(16)9-3-4-10(14)11(18)7-9/h3-4,7,18H,5-6,8H2,1-2H3. The molecule has 18 heavy (non-hydrogen) atoms. The Bertz CT molecular complexity index is 476. The fraction of sp³-hybridized carbons (Fsp3) is 0.462. The molecule has 2 rings (SSSR count). The second kappa shape index (κ2) is 4.90. The van der Waals surface area contributed by atoms with Crippen LogP contribution >= 0.6 is 12.6 Å². The lowest BCUT2D eigenvalue weighted by molar-refractivity contribution is -0.0370. The van der Waals surface area contributed by atoms with Gasteiger partial charge in [-0.1, -0.05) is 0 Å². The zero-order valence-electron chi connectivity index (χ0n) is 10.4. The van der Waals surface area contributed by atoms with Gasteiger partial charge in [0.1, 0.15) is 5.82 Å². The number of hydrogen-bond acceptors (Lipinski definition) is 3. The first-order chi connectivity index (χ1) is 8.42. The maximum absolute atomic E-state index is 13.1. The molecule has 0 aromatic heterocycles. The maximum Gasteiger partial charge on any atom is 0.254 e. The highest BCUT2D eigenvalue weighted by atomic mass is 32.1. The Balaban J connectivity index is 2.27. The molecule has 1 aliphatic rings. The van der Waals surface area contributed by atoms with Gasteiger partial charge in [0.05, 0.1) is 18.8 Å². The molecule has 1 aliphatic heterocycles. The summed E-state index contributed by atoms with van der Waals surface area (Å²) in [7, 11) is 0. The number of thiol groups is 1. The lowest BCUT2D eigenvalue weighted by atomic mass is 10.0. The van der Waals surface area contributed by atoms with Crippen LogP contribution in [0.25, 0.3) is 0 Å². The van der Waals surface area contributed by atoms with Crippen LogP contribution in [0.15, 0.2) is 23.1 Å². The Morgan fingerprint density at radius 2 is 2.22 bits per heavy atom. The molecule has 1 aromatic rings. The number of amides is 1. The molecule has 0 spiro atoms. The highest BCUT2D eigenvalue weighted by molar-refractivity contribution is 7.80. The first-order valence-electron chi connectivity index (χ1n) is 5.80. The Hall–Kier alpha value is -1.07. The van der Waals surface area contributed by atoms with Crippen molar-refractivity contribution in [3.05, 3.63) is 29.6 Å². The Labute approximate surface area is 111 Å². The van der Waals surface area contributed by atoms with Crippen molar-refractivity contribution in [3.8, 4) is 0 Å². The highest BCUT2D eigenvalue weighted by Gasteiger charge is 2.34. The van der Waals surface area contributed by atoms with Crippen molar-refractivity contribution in [1.82, 2.24) is 4.90 Å². The van der Waals surface area contributed by atoms with Crippen LogP contribution in [-0.4, -0.2) is 36.1 Å². The van der Waals surface area contributed by atoms with E-state index in [1.165, 1.54) is 18.2 Å². The molecule has 1 amide bonds. The predicted molar refractivity (Wildman–Crippen MR) is 69.6 cm³/mol. The minimum atomic E-state index is -0.420. The molecule has 1 saturated heterocycles. The first-order valence-corrected chi connectivity index (χ1v) is 6.25. The minimum Gasteiger partial charge on any atom is -0.377 e. The van der Waals surface area contributed by atoms with Gasteiger partial charge in [-0.2, -0.15) is 0 Å². The molecule has 0 N–H and O–H groups in total. The molecule has 0 radical (unpaired) electrons. The van der Waals surface area contributed by atoms with Gasteiger partial charge in [0.2, 0.25) is 0 Å². The number of carbonyl (C=O) groups excluding carboxylic acids is 1. The molecular formula is C13H16FNO2S. The fourth-order valence-corrected chi connectivity index (χ4v) is 2.25. The van der Waals surface area contributed by atoms with E-state index in [-0.39, 0.29) is 16.3 Å². The topological polar surface area (TPSA) is 29.5 Å². The number of nitrogens with zero attached hydrogens (tertiary/aromatic N) is 1. The Morgan fingerprint density at radius 1 is 1.50 bits per heavy atom. The summed E-state index contributed by atoms with van der Waals surface area (Å²) in [5.74, 6) is -0.533. The molecule has 0 aliphatic carbocycles. The van der Waals surface area contributed by atoms with E-state index in [0.29, 0.717) is 25.3 Å². The zero-order chi connectivity index (χ0) is 13.3. The van der Waals surface area contributed by atoms with Crippen molar-refractivity contribution in [1.29, 1.82) is 0 Å². The van der Waals surface area contributed by atoms with E-state index >= 15 is 0 Å². The molecule has 1 aromatic carbocycles.